The van der Waals surface area contributed by atoms with Crippen molar-refractivity contribution in [1.29, 1.82) is 0 Å². The summed E-state index contributed by atoms with van der Waals surface area (Å²) in [4.78, 5) is 23.3. The van der Waals surface area contributed by atoms with Crippen LogP contribution in [-0.4, -0.2) is 33.9 Å². The van der Waals surface area contributed by atoms with E-state index in [-0.39, 0.29) is 5.91 Å². The van der Waals surface area contributed by atoms with Gasteiger partial charge >= 0.3 is 0 Å². The average molecular weight is 324 g/mol. The van der Waals surface area contributed by atoms with E-state index < -0.39 is 0 Å². The molecule has 0 aliphatic carbocycles. The van der Waals surface area contributed by atoms with Crippen molar-refractivity contribution in [3.05, 3.63) is 47.3 Å². The van der Waals surface area contributed by atoms with Gasteiger partial charge in [0.25, 0.3) is 5.91 Å². The van der Waals surface area contributed by atoms with Crippen molar-refractivity contribution >= 4 is 17.5 Å². The monoisotopic (exact) mass is 324 g/mol. The smallest absolute Gasteiger partial charge is 0.272 e. The number of anilines is 2. The van der Waals surface area contributed by atoms with E-state index in [0.717, 1.165) is 37.2 Å². The maximum absolute atomic E-state index is 12.7. The maximum atomic E-state index is 12.7. The molecule has 0 spiro atoms. The molecule has 1 aliphatic rings. The van der Waals surface area contributed by atoms with Gasteiger partial charge in [0, 0.05) is 25.0 Å². The van der Waals surface area contributed by atoms with Gasteiger partial charge in [0.05, 0.1) is 0 Å². The highest BCUT2D eigenvalue weighted by Crippen LogP contribution is 2.21. The van der Waals surface area contributed by atoms with Gasteiger partial charge in [-0.3, -0.25) is 4.79 Å². The molecule has 0 saturated carbocycles. The summed E-state index contributed by atoms with van der Waals surface area (Å²) in [6, 6.07) is 7.76. The van der Waals surface area contributed by atoms with Gasteiger partial charge in [-0.15, -0.1) is 0 Å². The zero-order chi connectivity index (χ0) is 16.9. The molecule has 0 radical (unpaired) electrons. The van der Waals surface area contributed by atoms with Gasteiger partial charge in [0.1, 0.15) is 5.69 Å². The number of carbonyl (C=O) groups is 1. The van der Waals surface area contributed by atoms with Crippen LogP contribution in [0.25, 0.3) is 0 Å². The number of hydrogen-bond acceptors (Lipinski definition) is 4. The number of nitrogens with one attached hydrogen (secondary N) is 1. The fraction of sp³-hybridized carbons (Fsp3) is 0.421. The molecule has 0 unspecified atom stereocenters. The van der Waals surface area contributed by atoms with Crippen LogP contribution >= 0.6 is 0 Å². The Morgan fingerprint density at radius 3 is 2.58 bits per heavy atom. The molecule has 5 nitrogen and oxygen atoms in total. The summed E-state index contributed by atoms with van der Waals surface area (Å²) in [5.74, 6) is 0.465. The lowest BCUT2D eigenvalue weighted by molar-refractivity contribution is 0.0755. The zero-order valence-electron chi connectivity index (χ0n) is 14.4. The number of likely N-dealkylation sites (tertiary alicyclic amines) is 1. The molecule has 24 heavy (non-hydrogen) atoms. The molecule has 2 heterocycles. The molecule has 126 valence electrons. The SMILES string of the molecule is Cc1cccc(Nc2nccc(C(=O)N3CCCCCC3)n2)c1C. The van der Waals surface area contributed by atoms with E-state index in [1.807, 2.05) is 17.0 Å². The highest BCUT2D eigenvalue weighted by Gasteiger charge is 2.19. The number of hydrogen-bond donors (Lipinski definition) is 1. The summed E-state index contributed by atoms with van der Waals surface area (Å²) in [6.07, 6.45) is 6.19. The maximum Gasteiger partial charge on any atom is 0.272 e. The Hall–Kier alpha value is -2.43. The van der Waals surface area contributed by atoms with Crippen LogP contribution < -0.4 is 5.32 Å². The Bertz CT molecular complexity index is 721. The number of aromatic nitrogens is 2. The molecular formula is C19H24N4O. The van der Waals surface area contributed by atoms with Crippen molar-refractivity contribution in [2.24, 2.45) is 0 Å². The molecule has 1 aromatic carbocycles. The lowest BCUT2D eigenvalue weighted by atomic mass is 10.1. The molecule has 1 N–H and O–H groups in total. The van der Waals surface area contributed by atoms with E-state index in [9.17, 15) is 4.79 Å². The number of amides is 1. The second-order valence-electron chi connectivity index (χ2n) is 6.34. The molecule has 0 atom stereocenters. The van der Waals surface area contributed by atoms with Crippen molar-refractivity contribution < 1.29 is 4.79 Å². The second-order valence-corrected chi connectivity index (χ2v) is 6.34. The number of nitrogens with zero attached hydrogens (tertiary/aromatic N) is 3. The van der Waals surface area contributed by atoms with Crippen LogP contribution in [0.5, 0.6) is 0 Å². The highest BCUT2D eigenvalue weighted by molar-refractivity contribution is 5.92. The fourth-order valence-corrected chi connectivity index (χ4v) is 2.98. The summed E-state index contributed by atoms with van der Waals surface area (Å²) in [5, 5.41) is 3.23. The van der Waals surface area contributed by atoms with Crippen LogP contribution in [0.4, 0.5) is 11.6 Å². The Balaban J connectivity index is 1.78. The number of rotatable bonds is 3. The lowest BCUT2D eigenvalue weighted by Crippen LogP contribution is -2.32. The minimum absolute atomic E-state index is 0.00307. The summed E-state index contributed by atoms with van der Waals surface area (Å²) >= 11 is 0. The predicted molar refractivity (Wildman–Crippen MR) is 95.6 cm³/mol. The van der Waals surface area contributed by atoms with Crippen molar-refractivity contribution in [3.8, 4) is 0 Å². The van der Waals surface area contributed by atoms with Gasteiger partial charge in [0.15, 0.2) is 0 Å². The zero-order valence-corrected chi connectivity index (χ0v) is 14.4. The number of benzene rings is 1. The Morgan fingerprint density at radius 2 is 1.83 bits per heavy atom. The normalized spacial score (nSPS) is 15.0. The molecule has 2 aromatic rings. The molecule has 1 aromatic heterocycles. The minimum atomic E-state index is 0.00307. The Labute approximate surface area is 143 Å². The lowest BCUT2D eigenvalue weighted by Gasteiger charge is -2.20. The van der Waals surface area contributed by atoms with Crippen LogP contribution in [0, 0.1) is 13.8 Å². The third-order valence-corrected chi connectivity index (χ3v) is 4.62. The summed E-state index contributed by atoms with van der Waals surface area (Å²) in [7, 11) is 0. The van der Waals surface area contributed by atoms with Crippen LogP contribution in [0.3, 0.4) is 0 Å². The second kappa shape index (κ2) is 7.43. The molecule has 1 amide bonds. The minimum Gasteiger partial charge on any atom is -0.337 e. The number of carbonyl (C=O) groups excluding carboxylic acids is 1. The first-order valence-electron chi connectivity index (χ1n) is 8.61. The molecular weight excluding hydrogens is 300 g/mol. The molecule has 1 fully saturated rings. The topological polar surface area (TPSA) is 58.1 Å². The average Bonchev–Trinajstić information content (AvgIpc) is 2.88. The van der Waals surface area contributed by atoms with Crippen molar-refractivity contribution in [3.63, 3.8) is 0 Å². The first-order chi connectivity index (χ1) is 11.6. The van der Waals surface area contributed by atoms with Crippen molar-refractivity contribution in [2.75, 3.05) is 18.4 Å². The Kier molecular flexibility index (Phi) is 5.08. The van der Waals surface area contributed by atoms with Gasteiger partial charge in [-0.1, -0.05) is 25.0 Å². The molecule has 3 rings (SSSR count). The van der Waals surface area contributed by atoms with E-state index >= 15 is 0 Å². The van der Waals surface area contributed by atoms with E-state index in [2.05, 4.69) is 35.2 Å². The fourth-order valence-electron chi connectivity index (χ4n) is 2.98. The van der Waals surface area contributed by atoms with E-state index in [1.165, 1.54) is 18.4 Å². The quantitative estimate of drug-likeness (QED) is 0.931. The third kappa shape index (κ3) is 3.72. The molecule has 1 saturated heterocycles. The molecule has 1 aliphatic heterocycles. The van der Waals surface area contributed by atoms with Crippen LogP contribution in [0.2, 0.25) is 0 Å². The van der Waals surface area contributed by atoms with Gasteiger partial charge in [0.2, 0.25) is 5.95 Å². The van der Waals surface area contributed by atoms with Gasteiger partial charge < -0.3 is 10.2 Å². The van der Waals surface area contributed by atoms with Crippen molar-refractivity contribution in [2.45, 2.75) is 39.5 Å². The van der Waals surface area contributed by atoms with E-state index in [0.29, 0.717) is 11.6 Å². The number of aryl methyl sites for hydroxylation is 1. The summed E-state index contributed by atoms with van der Waals surface area (Å²) in [6.45, 7) is 5.77. The van der Waals surface area contributed by atoms with Crippen molar-refractivity contribution in [1.82, 2.24) is 14.9 Å². The van der Waals surface area contributed by atoms with Gasteiger partial charge in [-0.2, -0.15) is 0 Å². The van der Waals surface area contributed by atoms with Crippen LogP contribution in [-0.2, 0) is 0 Å². The van der Waals surface area contributed by atoms with Crippen LogP contribution in [0.15, 0.2) is 30.5 Å². The first-order valence-corrected chi connectivity index (χ1v) is 8.61. The summed E-state index contributed by atoms with van der Waals surface area (Å²) < 4.78 is 0. The highest BCUT2D eigenvalue weighted by atomic mass is 16.2. The van der Waals surface area contributed by atoms with Crippen LogP contribution in [0.1, 0.15) is 47.3 Å². The van der Waals surface area contributed by atoms with E-state index in [1.54, 1.807) is 12.3 Å². The first kappa shape index (κ1) is 16.4. The standard InChI is InChI=1S/C19H24N4O/c1-14-8-7-9-16(15(14)2)21-19-20-11-10-17(22-19)18(24)23-12-5-3-4-6-13-23/h7-11H,3-6,12-13H2,1-2H3,(H,20,21,22). The van der Waals surface area contributed by atoms with E-state index in [4.69, 9.17) is 0 Å². The summed E-state index contributed by atoms with van der Waals surface area (Å²) in [5.41, 5.74) is 3.79. The third-order valence-electron chi connectivity index (χ3n) is 4.62. The molecule has 5 heteroatoms. The predicted octanol–water partition coefficient (Wildman–Crippen LogP) is 3.85. The largest absolute Gasteiger partial charge is 0.337 e. The van der Waals surface area contributed by atoms with Gasteiger partial charge in [-0.25, -0.2) is 9.97 Å². The Morgan fingerprint density at radius 1 is 1.08 bits per heavy atom. The van der Waals surface area contributed by atoms with Gasteiger partial charge in [-0.05, 0) is 49.9 Å². The molecule has 0 bridgehead atoms.